The third kappa shape index (κ3) is 5.39. The molecule has 31 heavy (non-hydrogen) atoms. The SMILES string of the molecule is CCOc1ccc(/C=C2/SC(=O)N(CC(=O)Nc3ccc(C)c(Cl)c3)C2=O)cc1OC. The molecule has 0 unspecified atom stereocenters. The van der Waals surface area contributed by atoms with Gasteiger partial charge in [0.2, 0.25) is 5.91 Å². The average Bonchev–Trinajstić information content (AvgIpc) is 2.99. The Morgan fingerprint density at radius 2 is 1.97 bits per heavy atom. The van der Waals surface area contributed by atoms with Gasteiger partial charge >= 0.3 is 0 Å². The molecule has 0 aromatic heterocycles. The van der Waals surface area contributed by atoms with E-state index < -0.39 is 17.1 Å². The molecule has 0 saturated carbocycles. The summed E-state index contributed by atoms with van der Waals surface area (Å²) in [6, 6.07) is 10.3. The molecule has 3 rings (SSSR count). The Balaban J connectivity index is 1.71. The Morgan fingerprint density at radius 3 is 2.65 bits per heavy atom. The Morgan fingerprint density at radius 1 is 1.19 bits per heavy atom. The second-order valence-corrected chi connectivity index (χ2v) is 8.02. The van der Waals surface area contributed by atoms with Gasteiger partial charge in [-0.05, 0) is 67.1 Å². The highest BCUT2D eigenvalue weighted by Crippen LogP contribution is 2.34. The molecule has 1 N–H and O–H groups in total. The predicted octanol–water partition coefficient (Wildman–Crippen LogP) is 4.73. The van der Waals surface area contributed by atoms with Gasteiger partial charge in [-0.2, -0.15) is 0 Å². The molecule has 0 radical (unpaired) electrons. The van der Waals surface area contributed by atoms with Crippen LogP contribution in [0.5, 0.6) is 11.5 Å². The van der Waals surface area contributed by atoms with Gasteiger partial charge in [-0.3, -0.25) is 19.3 Å². The summed E-state index contributed by atoms with van der Waals surface area (Å²) in [5.41, 5.74) is 2.04. The van der Waals surface area contributed by atoms with Crippen molar-refractivity contribution in [3.05, 3.63) is 57.5 Å². The molecular formula is C22H21ClN2O5S. The van der Waals surface area contributed by atoms with Crippen LogP contribution in [0.1, 0.15) is 18.1 Å². The van der Waals surface area contributed by atoms with Crippen molar-refractivity contribution in [1.82, 2.24) is 4.90 Å². The Bertz CT molecular complexity index is 1070. The fourth-order valence-corrected chi connectivity index (χ4v) is 3.87. The lowest BCUT2D eigenvalue weighted by atomic mass is 10.2. The molecule has 0 atom stereocenters. The van der Waals surface area contributed by atoms with Gasteiger partial charge in [0, 0.05) is 10.7 Å². The molecule has 1 saturated heterocycles. The van der Waals surface area contributed by atoms with E-state index in [-0.39, 0.29) is 11.4 Å². The maximum Gasteiger partial charge on any atom is 0.294 e. The van der Waals surface area contributed by atoms with Crippen LogP contribution in [0.25, 0.3) is 6.08 Å². The minimum Gasteiger partial charge on any atom is -0.493 e. The molecule has 0 spiro atoms. The first-order chi connectivity index (χ1) is 14.8. The van der Waals surface area contributed by atoms with Crippen LogP contribution >= 0.6 is 23.4 Å². The number of carbonyl (C=O) groups excluding carboxylic acids is 3. The zero-order valence-corrected chi connectivity index (χ0v) is 18.8. The van der Waals surface area contributed by atoms with Crippen molar-refractivity contribution in [2.24, 2.45) is 0 Å². The van der Waals surface area contributed by atoms with E-state index in [0.717, 1.165) is 22.2 Å². The van der Waals surface area contributed by atoms with Crippen LogP contribution in [0.2, 0.25) is 5.02 Å². The molecule has 162 valence electrons. The second-order valence-electron chi connectivity index (χ2n) is 6.62. The first-order valence-corrected chi connectivity index (χ1v) is 10.6. The number of benzene rings is 2. The van der Waals surface area contributed by atoms with Gasteiger partial charge < -0.3 is 14.8 Å². The standard InChI is InChI=1S/C22H21ClN2O5S/c1-4-30-17-8-6-14(9-18(17)29-3)10-19-21(27)25(22(28)31-19)12-20(26)24-15-7-5-13(2)16(23)11-15/h5-11H,4,12H2,1-3H3,(H,24,26)/b19-10+. The van der Waals surface area contributed by atoms with E-state index in [2.05, 4.69) is 5.32 Å². The molecule has 9 heteroatoms. The highest BCUT2D eigenvalue weighted by Gasteiger charge is 2.36. The van der Waals surface area contributed by atoms with E-state index in [1.165, 1.54) is 7.11 Å². The third-order valence-electron chi connectivity index (χ3n) is 4.42. The maximum absolute atomic E-state index is 12.7. The monoisotopic (exact) mass is 460 g/mol. The molecule has 1 aliphatic heterocycles. The number of nitrogens with zero attached hydrogens (tertiary/aromatic N) is 1. The smallest absolute Gasteiger partial charge is 0.294 e. The number of ether oxygens (including phenoxy) is 2. The van der Waals surface area contributed by atoms with Crippen LogP contribution in [0.15, 0.2) is 41.3 Å². The first-order valence-electron chi connectivity index (χ1n) is 9.44. The van der Waals surface area contributed by atoms with Gasteiger partial charge in [-0.1, -0.05) is 23.7 Å². The largest absolute Gasteiger partial charge is 0.493 e. The number of nitrogens with one attached hydrogen (secondary N) is 1. The summed E-state index contributed by atoms with van der Waals surface area (Å²) in [5, 5.41) is 2.65. The molecule has 7 nitrogen and oxygen atoms in total. The zero-order chi connectivity index (χ0) is 22.5. The van der Waals surface area contributed by atoms with Crippen LogP contribution in [0.4, 0.5) is 10.5 Å². The molecule has 3 amide bonds. The van der Waals surface area contributed by atoms with Gasteiger partial charge in [0.15, 0.2) is 11.5 Å². The molecule has 1 aliphatic rings. The van der Waals surface area contributed by atoms with Crippen LogP contribution in [0.3, 0.4) is 0 Å². The highest BCUT2D eigenvalue weighted by atomic mass is 35.5. The summed E-state index contributed by atoms with van der Waals surface area (Å²) in [6.07, 6.45) is 1.58. The van der Waals surface area contributed by atoms with E-state index in [0.29, 0.717) is 34.4 Å². The van der Waals surface area contributed by atoms with E-state index in [4.69, 9.17) is 21.1 Å². The maximum atomic E-state index is 12.7. The fraction of sp³-hybridized carbons (Fsp3) is 0.227. The fourth-order valence-electron chi connectivity index (χ4n) is 2.85. The average molecular weight is 461 g/mol. The van der Waals surface area contributed by atoms with E-state index in [1.807, 2.05) is 13.8 Å². The number of hydrogen-bond donors (Lipinski definition) is 1. The number of thioether (sulfide) groups is 1. The van der Waals surface area contributed by atoms with Gasteiger partial charge in [-0.15, -0.1) is 0 Å². The van der Waals surface area contributed by atoms with E-state index >= 15 is 0 Å². The van der Waals surface area contributed by atoms with Crippen molar-refractivity contribution in [2.45, 2.75) is 13.8 Å². The number of carbonyl (C=O) groups is 3. The molecule has 1 fully saturated rings. The van der Waals surface area contributed by atoms with Crippen LogP contribution in [-0.4, -0.2) is 42.2 Å². The lowest BCUT2D eigenvalue weighted by molar-refractivity contribution is -0.127. The normalized spacial score (nSPS) is 14.8. The summed E-state index contributed by atoms with van der Waals surface area (Å²) >= 11 is 6.84. The van der Waals surface area contributed by atoms with Gasteiger partial charge in [0.05, 0.1) is 18.6 Å². The first kappa shape index (κ1) is 22.7. The number of amides is 3. The van der Waals surface area contributed by atoms with Crippen molar-refractivity contribution < 1.29 is 23.9 Å². The number of hydrogen-bond acceptors (Lipinski definition) is 6. The molecular weight excluding hydrogens is 440 g/mol. The molecule has 2 aromatic carbocycles. The summed E-state index contributed by atoms with van der Waals surface area (Å²) < 4.78 is 10.8. The van der Waals surface area contributed by atoms with Gasteiger partial charge in [-0.25, -0.2) is 0 Å². The summed E-state index contributed by atoms with van der Waals surface area (Å²) in [7, 11) is 1.52. The zero-order valence-electron chi connectivity index (χ0n) is 17.2. The van der Waals surface area contributed by atoms with Crippen molar-refractivity contribution in [3.8, 4) is 11.5 Å². The Kier molecular flexibility index (Phi) is 7.25. The summed E-state index contributed by atoms with van der Waals surface area (Å²) in [4.78, 5) is 38.5. The van der Waals surface area contributed by atoms with Crippen molar-refractivity contribution >= 4 is 52.2 Å². The number of imide groups is 1. The predicted molar refractivity (Wildman–Crippen MR) is 122 cm³/mol. The lowest BCUT2D eigenvalue weighted by Gasteiger charge is -2.13. The Labute approximate surface area is 189 Å². The summed E-state index contributed by atoms with van der Waals surface area (Å²) in [5.74, 6) is 0.0836. The summed E-state index contributed by atoms with van der Waals surface area (Å²) in [6.45, 7) is 3.82. The topological polar surface area (TPSA) is 84.9 Å². The van der Waals surface area contributed by atoms with Crippen LogP contribution < -0.4 is 14.8 Å². The number of methoxy groups -OCH3 is 1. The Hall–Kier alpha value is -2.97. The minimum absolute atomic E-state index is 0.224. The van der Waals surface area contributed by atoms with Gasteiger partial charge in [0.1, 0.15) is 6.54 Å². The number of anilines is 1. The third-order valence-corrected chi connectivity index (χ3v) is 5.73. The van der Waals surface area contributed by atoms with Crippen LogP contribution in [0, 0.1) is 6.92 Å². The number of rotatable bonds is 7. The molecule has 0 aliphatic carbocycles. The highest BCUT2D eigenvalue weighted by molar-refractivity contribution is 8.18. The van der Waals surface area contributed by atoms with E-state index in [9.17, 15) is 14.4 Å². The van der Waals surface area contributed by atoms with Crippen molar-refractivity contribution in [3.63, 3.8) is 0 Å². The lowest BCUT2D eigenvalue weighted by Crippen LogP contribution is -2.36. The quantitative estimate of drug-likeness (QED) is 0.601. The molecule has 0 bridgehead atoms. The minimum atomic E-state index is -0.528. The van der Waals surface area contributed by atoms with Crippen molar-refractivity contribution in [1.29, 1.82) is 0 Å². The number of aryl methyl sites for hydroxylation is 1. The van der Waals surface area contributed by atoms with E-state index in [1.54, 1.807) is 42.5 Å². The van der Waals surface area contributed by atoms with Crippen molar-refractivity contribution in [2.75, 3.05) is 25.6 Å². The molecule has 2 aromatic rings. The molecule has 1 heterocycles. The second kappa shape index (κ2) is 9.89. The van der Waals surface area contributed by atoms with Crippen LogP contribution in [-0.2, 0) is 9.59 Å². The number of halogens is 1. The van der Waals surface area contributed by atoms with Gasteiger partial charge in [0.25, 0.3) is 11.1 Å².